The maximum atomic E-state index is 12.2. The van der Waals surface area contributed by atoms with Gasteiger partial charge in [0.25, 0.3) is 5.91 Å². The summed E-state index contributed by atoms with van der Waals surface area (Å²) in [7, 11) is 1.61. The van der Waals surface area contributed by atoms with Crippen molar-refractivity contribution in [1.29, 1.82) is 0 Å². The van der Waals surface area contributed by atoms with Crippen LogP contribution < -0.4 is 9.47 Å². The first-order valence-corrected chi connectivity index (χ1v) is 7.76. The number of carboxylic acid groups (broad SMARTS) is 1. The van der Waals surface area contributed by atoms with Gasteiger partial charge in [-0.2, -0.15) is 0 Å². The van der Waals surface area contributed by atoms with E-state index in [1.165, 1.54) is 0 Å². The van der Waals surface area contributed by atoms with Gasteiger partial charge in [0.05, 0.1) is 7.11 Å². The number of hydrogen-bond donors (Lipinski definition) is 1. The lowest BCUT2D eigenvalue weighted by Crippen LogP contribution is -2.41. The predicted octanol–water partition coefficient (Wildman–Crippen LogP) is 2.10. The molecule has 2 rings (SSSR count). The fraction of sp³-hybridized carbons (Fsp3) is 0.529. The highest BCUT2D eigenvalue weighted by atomic mass is 16.5. The van der Waals surface area contributed by atoms with Crippen LogP contribution in [-0.4, -0.2) is 48.7 Å². The van der Waals surface area contributed by atoms with Gasteiger partial charge in [0.2, 0.25) is 0 Å². The molecule has 1 aromatic carbocycles. The molecule has 1 fully saturated rings. The summed E-state index contributed by atoms with van der Waals surface area (Å²) in [5.41, 5.74) is 0.951. The second-order valence-corrected chi connectivity index (χ2v) is 5.84. The van der Waals surface area contributed by atoms with Gasteiger partial charge < -0.3 is 19.5 Å². The van der Waals surface area contributed by atoms with Gasteiger partial charge >= 0.3 is 5.97 Å². The van der Waals surface area contributed by atoms with E-state index in [1.54, 1.807) is 18.1 Å². The maximum Gasteiger partial charge on any atom is 0.303 e. The van der Waals surface area contributed by atoms with Crippen molar-refractivity contribution < 1.29 is 24.2 Å². The Bertz CT molecular complexity index is 564. The molecule has 0 aromatic heterocycles. The SMILES string of the molecule is COc1ccc(OCC(=O)N2CCC(CC(=O)O)CC2)cc1C. The number of carboxylic acids is 1. The quantitative estimate of drug-likeness (QED) is 0.868. The molecule has 0 bridgehead atoms. The van der Waals surface area contributed by atoms with Crippen molar-refractivity contribution in [2.75, 3.05) is 26.8 Å². The van der Waals surface area contributed by atoms with Crippen molar-refractivity contribution in [3.05, 3.63) is 23.8 Å². The van der Waals surface area contributed by atoms with Crippen molar-refractivity contribution in [3.8, 4) is 11.5 Å². The molecule has 6 nitrogen and oxygen atoms in total. The second-order valence-electron chi connectivity index (χ2n) is 5.84. The molecule has 0 unspecified atom stereocenters. The predicted molar refractivity (Wildman–Crippen MR) is 84.8 cm³/mol. The standard InChI is InChI=1S/C17H23NO5/c1-12-9-14(3-4-15(12)22-2)23-11-16(19)18-7-5-13(6-8-18)10-17(20)21/h3-4,9,13H,5-8,10-11H2,1-2H3,(H,20,21). The minimum atomic E-state index is -0.770. The first kappa shape index (κ1) is 17.1. The Morgan fingerprint density at radius 3 is 2.57 bits per heavy atom. The zero-order valence-corrected chi connectivity index (χ0v) is 13.6. The Labute approximate surface area is 136 Å². The minimum absolute atomic E-state index is 0.00460. The second kappa shape index (κ2) is 7.85. The topological polar surface area (TPSA) is 76.1 Å². The summed E-state index contributed by atoms with van der Waals surface area (Å²) in [5, 5.41) is 8.80. The van der Waals surface area contributed by atoms with E-state index in [0.717, 1.165) is 24.2 Å². The number of benzene rings is 1. The largest absolute Gasteiger partial charge is 0.496 e. The zero-order valence-electron chi connectivity index (χ0n) is 13.6. The number of carbonyl (C=O) groups is 2. The Morgan fingerprint density at radius 2 is 2.00 bits per heavy atom. The molecule has 0 saturated carbocycles. The summed E-state index contributed by atoms with van der Waals surface area (Å²) in [5.74, 6) is 0.753. The van der Waals surface area contributed by atoms with Gasteiger partial charge in [0, 0.05) is 19.5 Å². The maximum absolute atomic E-state index is 12.2. The van der Waals surface area contributed by atoms with Gasteiger partial charge in [-0.25, -0.2) is 0 Å². The molecule has 1 aliphatic heterocycles. The van der Waals surface area contributed by atoms with Gasteiger partial charge in [-0.1, -0.05) is 0 Å². The molecule has 126 valence electrons. The number of amides is 1. The number of nitrogens with zero attached hydrogens (tertiary/aromatic N) is 1. The van der Waals surface area contributed by atoms with E-state index in [9.17, 15) is 9.59 Å². The number of likely N-dealkylation sites (tertiary alicyclic amines) is 1. The van der Waals surface area contributed by atoms with Crippen molar-refractivity contribution in [3.63, 3.8) is 0 Å². The van der Waals surface area contributed by atoms with Gasteiger partial charge in [-0.3, -0.25) is 9.59 Å². The van der Waals surface area contributed by atoms with Gasteiger partial charge in [0.1, 0.15) is 11.5 Å². The molecular formula is C17H23NO5. The summed E-state index contributed by atoms with van der Waals surface area (Å²) >= 11 is 0. The fourth-order valence-electron chi connectivity index (χ4n) is 2.81. The normalized spacial score (nSPS) is 15.3. The highest BCUT2D eigenvalue weighted by Gasteiger charge is 2.24. The van der Waals surface area contributed by atoms with Crippen LogP contribution >= 0.6 is 0 Å². The fourth-order valence-corrected chi connectivity index (χ4v) is 2.81. The molecule has 0 spiro atoms. The lowest BCUT2D eigenvalue weighted by Gasteiger charge is -2.31. The monoisotopic (exact) mass is 321 g/mol. The van der Waals surface area contributed by atoms with Crippen LogP contribution in [0.4, 0.5) is 0 Å². The number of hydrogen-bond acceptors (Lipinski definition) is 4. The van der Waals surface area contributed by atoms with Crippen LogP contribution in [0.5, 0.6) is 11.5 Å². The van der Waals surface area contributed by atoms with Gasteiger partial charge in [-0.05, 0) is 49.4 Å². The molecule has 1 N–H and O–H groups in total. The van der Waals surface area contributed by atoms with Crippen LogP contribution in [-0.2, 0) is 9.59 Å². The Hall–Kier alpha value is -2.24. The molecule has 1 aromatic rings. The molecular weight excluding hydrogens is 298 g/mol. The van der Waals surface area contributed by atoms with E-state index in [1.807, 2.05) is 19.1 Å². The van der Waals surface area contributed by atoms with E-state index < -0.39 is 5.97 Å². The Morgan fingerprint density at radius 1 is 1.30 bits per heavy atom. The van der Waals surface area contributed by atoms with Crippen molar-refractivity contribution in [1.82, 2.24) is 4.90 Å². The van der Waals surface area contributed by atoms with Crippen LogP contribution in [0.1, 0.15) is 24.8 Å². The lowest BCUT2D eigenvalue weighted by atomic mass is 9.94. The molecule has 6 heteroatoms. The van der Waals surface area contributed by atoms with Crippen LogP contribution in [0.3, 0.4) is 0 Å². The molecule has 0 radical (unpaired) electrons. The minimum Gasteiger partial charge on any atom is -0.496 e. The highest BCUT2D eigenvalue weighted by molar-refractivity contribution is 5.78. The number of carbonyl (C=O) groups excluding carboxylic acids is 1. The smallest absolute Gasteiger partial charge is 0.303 e. The van der Waals surface area contributed by atoms with Gasteiger partial charge in [-0.15, -0.1) is 0 Å². The van der Waals surface area contributed by atoms with E-state index in [4.69, 9.17) is 14.6 Å². The third-order valence-corrected chi connectivity index (χ3v) is 4.16. The summed E-state index contributed by atoms with van der Waals surface area (Å²) in [6.07, 6.45) is 1.66. The van der Waals surface area contributed by atoms with E-state index in [-0.39, 0.29) is 24.9 Å². The third kappa shape index (κ3) is 4.87. The van der Waals surface area contributed by atoms with Crippen molar-refractivity contribution in [2.45, 2.75) is 26.2 Å². The number of rotatable bonds is 6. The number of piperidine rings is 1. The third-order valence-electron chi connectivity index (χ3n) is 4.16. The van der Waals surface area contributed by atoms with Crippen LogP contribution in [0, 0.1) is 12.8 Å². The van der Waals surface area contributed by atoms with Crippen molar-refractivity contribution in [2.24, 2.45) is 5.92 Å². The first-order valence-electron chi connectivity index (χ1n) is 7.76. The number of aliphatic carboxylic acids is 1. The summed E-state index contributed by atoms with van der Waals surface area (Å²) in [4.78, 5) is 24.6. The molecule has 0 atom stereocenters. The van der Waals surface area contributed by atoms with E-state index in [0.29, 0.717) is 18.8 Å². The van der Waals surface area contributed by atoms with Crippen LogP contribution in [0.2, 0.25) is 0 Å². The molecule has 0 aliphatic carbocycles. The first-order chi connectivity index (χ1) is 11.0. The average molecular weight is 321 g/mol. The molecule has 1 amide bonds. The zero-order chi connectivity index (χ0) is 16.8. The number of methoxy groups -OCH3 is 1. The van der Waals surface area contributed by atoms with Crippen LogP contribution in [0.25, 0.3) is 0 Å². The Balaban J connectivity index is 1.79. The average Bonchev–Trinajstić information content (AvgIpc) is 2.53. The summed E-state index contributed by atoms with van der Waals surface area (Å²) in [6.45, 7) is 3.11. The highest BCUT2D eigenvalue weighted by Crippen LogP contribution is 2.23. The molecule has 1 heterocycles. The molecule has 23 heavy (non-hydrogen) atoms. The summed E-state index contributed by atoms with van der Waals surface area (Å²) < 4.78 is 10.7. The van der Waals surface area contributed by atoms with Crippen molar-refractivity contribution >= 4 is 11.9 Å². The van der Waals surface area contributed by atoms with Crippen LogP contribution in [0.15, 0.2) is 18.2 Å². The molecule has 1 saturated heterocycles. The van der Waals surface area contributed by atoms with E-state index >= 15 is 0 Å². The molecule has 1 aliphatic rings. The lowest BCUT2D eigenvalue weighted by molar-refractivity contribution is -0.139. The Kier molecular flexibility index (Phi) is 5.84. The summed E-state index contributed by atoms with van der Waals surface area (Å²) in [6, 6.07) is 5.43. The van der Waals surface area contributed by atoms with Gasteiger partial charge in [0.15, 0.2) is 6.61 Å². The number of aryl methyl sites for hydroxylation is 1. The number of ether oxygens (including phenoxy) is 2. The van der Waals surface area contributed by atoms with E-state index in [2.05, 4.69) is 0 Å².